The first-order valence-electron chi connectivity index (χ1n) is 10.2. The van der Waals surface area contributed by atoms with Crippen LogP contribution in [0.5, 0.6) is 0 Å². The molecule has 0 radical (unpaired) electrons. The van der Waals surface area contributed by atoms with Gasteiger partial charge < -0.3 is 10.3 Å². The zero-order valence-corrected chi connectivity index (χ0v) is 20.3. The average molecular weight is 624 g/mol. The maximum absolute atomic E-state index is 5.00. The van der Waals surface area contributed by atoms with Crippen molar-refractivity contribution >= 4 is 43.1 Å². The van der Waals surface area contributed by atoms with Crippen molar-refractivity contribution in [2.45, 2.75) is 0 Å². The van der Waals surface area contributed by atoms with E-state index in [1.165, 1.54) is 4.70 Å². The number of thiophene rings is 1. The summed E-state index contributed by atoms with van der Waals surface area (Å²) in [6, 6.07) is 31.4. The molecule has 0 N–H and O–H groups in total. The number of aromatic nitrogens is 3. The standard InChI is InChI=1S/C27H16N4S.Pt/c1-3-12-22(31-27-19(10-7-17-29-27)21-11-5-6-16-28-21)18(8-1)23-14-15-25-26(30-23)20-9-2-4-13-24(20)32-25;/h1-8,10-17H;/q-2;+2. The Bertz CT molecular complexity index is 1560. The first kappa shape index (κ1) is 21.4. The third-order valence-electron chi connectivity index (χ3n) is 5.27. The van der Waals surface area contributed by atoms with Crippen molar-refractivity contribution < 1.29 is 21.1 Å². The van der Waals surface area contributed by atoms with E-state index in [1.54, 1.807) is 23.7 Å². The molecule has 2 aromatic carbocycles. The Kier molecular flexibility index (Phi) is 5.99. The molecule has 0 spiro atoms. The molecule has 4 nitrogen and oxygen atoms in total. The van der Waals surface area contributed by atoms with Gasteiger partial charge >= 0.3 is 21.1 Å². The molecular formula is C27H16N4PtS. The first-order chi connectivity index (χ1) is 15.9. The van der Waals surface area contributed by atoms with Gasteiger partial charge in [-0.1, -0.05) is 59.4 Å². The minimum atomic E-state index is 0. The second-order valence-corrected chi connectivity index (χ2v) is 8.36. The smallest absolute Gasteiger partial charge is 0.442 e. The minimum absolute atomic E-state index is 0. The summed E-state index contributed by atoms with van der Waals surface area (Å²) in [5.74, 6) is 0.633. The van der Waals surface area contributed by atoms with Gasteiger partial charge in [0.1, 0.15) is 0 Å². The second-order valence-electron chi connectivity index (χ2n) is 7.27. The van der Waals surface area contributed by atoms with Crippen LogP contribution in [0.3, 0.4) is 0 Å². The monoisotopic (exact) mass is 623 g/mol. The fraction of sp³-hybridized carbons (Fsp3) is 0. The molecule has 6 heteroatoms. The molecule has 6 rings (SSSR count). The van der Waals surface area contributed by atoms with Gasteiger partial charge in [0.05, 0.1) is 11.4 Å². The largest absolute Gasteiger partial charge is 2.00 e. The van der Waals surface area contributed by atoms with Crippen LogP contribution < -0.4 is 0 Å². The molecule has 0 bridgehead atoms. The van der Waals surface area contributed by atoms with E-state index in [9.17, 15) is 0 Å². The fourth-order valence-electron chi connectivity index (χ4n) is 3.78. The van der Waals surface area contributed by atoms with Gasteiger partial charge in [-0.25, -0.2) is 0 Å². The van der Waals surface area contributed by atoms with Crippen LogP contribution in [0.4, 0.5) is 11.5 Å². The summed E-state index contributed by atoms with van der Waals surface area (Å²) in [6.45, 7) is 0. The predicted molar refractivity (Wildman–Crippen MR) is 132 cm³/mol. The number of hydrogen-bond acceptors (Lipinski definition) is 4. The van der Waals surface area contributed by atoms with Crippen LogP contribution in [-0.2, 0) is 21.1 Å². The summed E-state index contributed by atoms with van der Waals surface area (Å²) in [7, 11) is 0. The van der Waals surface area contributed by atoms with Crippen molar-refractivity contribution in [2.24, 2.45) is 0 Å². The van der Waals surface area contributed by atoms with E-state index in [4.69, 9.17) is 10.3 Å². The molecule has 0 aliphatic heterocycles. The van der Waals surface area contributed by atoms with E-state index in [0.29, 0.717) is 5.82 Å². The van der Waals surface area contributed by atoms with Crippen LogP contribution in [0.15, 0.2) is 97.3 Å². The van der Waals surface area contributed by atoms with E-state index in [2.05, 4.69) is 40.3 Å². The van der Waals surface area contributed by atoms with Gasteiger partial charge in [-0.05, 0) is 35.3 Å². The summed E-state index contributed by atoms with van der Waals surface area (Å²) in [4.78, 5) is 14.0. The van der Waals surface area contributed by atoms with Crippen LogP contribution in [0.2, 0.25) is 0 Å². The van der Waals surface area contributed by atoms with E-state index < -0.39 is 0 Å². The Hall–Kier alpha value is -3.40. The molecule has 6 aromatic rings. The Balaban J connectivity index is 0.00000228. The topological polar surface area (TPSA) is 52.8 Å². The van der Waals surface area contributed by atoms with Crippen molar-refractivity contribution in [3.63, 3.8) is 0 Å². The maximum atomic E-state index is 5.00. The van der Waals surface area contributed by atoms with E-state index in [-0.39, 0.29) is 21.1 Å². The molecule has 0 aliphatic carbocycles. The molecule has 4 aromatic heterocycles. The van der Waals surface area contributed by atoms with Gasteiger partial charge in [-0.2, -0.15) is 11.3 Å². The molecule has 33 heavy (non-hydrogen) atoms. The molecule has 0 saturated carbocycles. The Labute approximate surface area is 209 Å². The molecular weight excluding hydrogens is 607 g/mol. The van der Waals surface area contributed by atoms with Crippen LogP contribution in [0.25, 0.3) is 48.1 Å². The van der Waals surface area contributed by atoms with Gasteiger partial charge in [0.2, 0.25) is 0 Å². The Morgan fingerprint density at radius 3 is 2.45 bits per heavy atom. The van der Waals surface area contributed by atoms with Gasteiger partial charge in [0.25, 0.3) is 0 Å². The second kappa shape index (κ2) is 9.22. The predicted octanol–water partition coefficient (Wildman–Crippen LogP) is 7.71. The van der Waals surface area contributed by atoms with Crippen molar-refractivity contribution in [3.05, 3.63) is 109 Å². The molecule has 0 saturated heterocycles. The molecule has 0 amide bonds. The molecule has 160 valence electrons. The third kappa shape index (κ3) is 4.06. The number of benzene rings is 2. The maximum Gasteiger partial charge on any atom is 2.00 e. The summed E-state index contributed by atoms with van der Waals surface area (Å²) in [6.07, 6.45) is 3.53. The molecule has 4 heterocycles. The number of hydrogen-bond donors (Lipinski definition) is 0. The van der Waals surface area contributed by atoms with E-state index in [1.807, 2.05) is 60.7 Å². The van der Waals surface area contributed by atoms with Gasteiger partial charge in [0, 0.05) is 22.0 Å². The molecule has 0 unspecified atom stereocenters. The minimum Gasteiger partial charge on any atom is -0.442 e. The zero-order valence-electron chi connectivity index (χ0n) is 17.3. The van der Waals surface area contributed by atoms with Crippen molar-refractivity contribution in [1.29, 1.82) is 0 Å². The Morgan fingerprint density at radius 2 is 1.55 bits per heavy atom. The fourth-order valence-corrected chi connectivity index (χ4v) is 4.80. The average Bonchev–Trinajstić information content (AvgIpc) is 3.23. The van der Waals surface area contributed by atoms with Gasteiger partial charge in [-0.3, -0.25) is 9.97 Å². The zero-order chi connectivity index (χ0) is 21.3. The summed E-state index contributed by atoms with van der Waals surface area (Å²) in [5, 5.41) is 5.99. The van der Waals surface area contributed by atoms with E-state index >= 15 is 0 Å². The third-order valence-corrected chi connectivity index (χ3v) is 6.38. The summed E-state index contributed by atoms with van der Waals surface area (Å²) in [5.41, 5.74) is 5.37. The van der Waals surface area contributed by atoms with Gasteiger partial charge in [-0.15, -0.1) is 29.7 Å². The number of pyridine rings is 3. The quantitative estimate of drug-likeness (QED) is 0.189. The number of fused-ring (bicyclic) bond motifs is 3. The van der Waals surface area contributed by atoms with Crippen LogP contribution in [-0.4, -0.2) is 15.0 Å². The SMILES string of the molecule is [Pt+2].[c-]1cccc2sc3ccc(-c4ccccc4[N-]c4ncccc4-c4ccccn4)nc3c12. The summed E-state index contributed by atoms with van der Waals surface area (Å²) < 4.78 is 2.35. The van der Waals surface area contributed by atoms with Gasteiger partial charge in [0.15, 0.2) is 0 Å². The number of rotatable bonds is 4. The van der Waals surface area contributed by atoms with Crippen molar-refractivity contribution in [3.8, 4) is 22.5 Å². The summed E-state index contributed by atoms with van der Waals surface area (Å²) >= 11 is 1.74. The van der Waals surface area contributed by atoms with E-state index in [0.717, 1.165) is 43.8 Å². The number of nitrogens with zero attached hydrogens (tertiary/aromatic N) is 4. The molecule has 0 aliphatic rings. The van der Waals surface area contributed by atoms with Crippen LogP contribution in [0.1, 0.15) is 0 Å². The first-order valence-corrected chi connectivity index (χ1v) is 11.1. The normalized spacial score (nSPS) is 10.8. The molecule has 0 atom stereocenters. The van der Waals surface area contributed by atoms with Crippen molar-refractivity contribution in [2.75, 3.05) is 0 Å². The molecule has 0 fully saturated rings. The van der Waals surface area contributed by atoms with Crippen LogP contribution >= 0.6 is 11.3 Å². The number of para-hydroxylation sites is 1. The van der Waals surface area contributed by atoms with Crippen molar-refractivity contribution in [1.82, 2.24) is 15.0 Å². The Morgan fingerprint density at radius 1 is 0.697 bits per heavy atom. The van der Waals surface area contributed by atoms with Crippen LogP contribution in [0, 0.1) is 6.07 Å².